The lowest BCUT2D eigenvalue weighted by molar-refractivity contribution is -0.156. The van der Waals surface area contributed by atoms with E-state index in [-0.39, 0.29) is 12.6 Å². The van der Waals surface area contributed by atoms with Gasteiger partial charge in [-0.3, -0.25) is 4.18 Å². The van der Waals surface area contributed by atoms with Crippen molar-refractivity contribution in [3.8, 4) is 0 Å². The fourth-order valence-corrected chi connectivity index (χ4v) is 2.03. The molecule has 0 bridgehead atoms. The smallest absolute Gasteiger partial charge is 0.338 e. The molecule has 0 unspecified atom stereocenters. The number of nitrogens with two attached hydrogens (primary N) is 1. The number of esters is 2. The lowest BCUT2D eigenvalue weighted by Crippen LogP contribution is -2.25. The van der Waals surface area contributed by atoms with E-state index in [0.717, 1.165) is 16.9 Å². The Labute approximate surface area is 140 Å². The van der Waals surface area contributed by atoms with Gasteiger partial charge in [0.1, 0.15) is 5.60 Å². The molecule has 0 spiro atoms. The van der Waals surface area contributed by atoms with Crippen molar-refractivity contribution in [2.24, 2.45) is 5.73 Å². The predicted molar refractivity (Wildman–Crippen MR) is 88.0 cm³/mol. The van der Waals surface area contributed by atoms with E-state index in [0.29, 0.717) is 25.1 Å². The van der Waals surface area contributed by atoms with Gasteiger partial charge in [-0.15, -0.1) is 0 Å². The van der Waals surface area contributed by atoms with Crippen molar-refractivity contribution in [3.63, 3.8) is 0 Å². The first-order valence-corrected chi connectivity index (χ1v) is 8.04. The number of rotatable bonds is 8. The number of carbonyl (C=O) groups is 2. The Kier molecular flexibility index (Phi) is 8.08. The fraction of sp³-hybridized carbons (Fsp3) is 0.500. The van der Waals surface area contributed by atoms with Crippen molar-refractivity contribution in [3.05, 3.63) is 29.8 Å². The summed E-state index contributed by atoms with van der Waals surface area (Å²) >= 11 is 1.05. The zero-order valence-electron chi connectivity index (χ0n) is 13.7. The molecular weight excluding hydrogens is 318 g/mol. The number of ether oxygens (including phenoxy) is 2. The summed E-state index contributed by atoms with van der Waals surface area (Å²) < 4.78 is 15.4. The third-order valence-electron chi connectivity index (χ3n) is 2.42. The molecule has 0 aromatic heterocycles. The Bertz CT molecular complexity index is 510. The molecule has 2 N–H and O–H groups in total. The van der Waals surface area contributed by atoms with Crippen LogP contribution in [0.1, 0.15) is 37.6 Å². The Morgan fingerprint density at radius 3 is 2.39 bits per heavy atom. The van der Waals surface area contributed by atoms with Crippen molar-refractivity contribution < 1.29 is 23.2 Å². The Balaban J connectivity index is 2.37. The van der Waals surface area contributed by atoms with Crippen LogP contribution in [0.4, 0.5) is 0 Å². The van der Waals surface area contributed by atoms with Gasteiger partial charge in [0.15, 0.2) is 6.61 Å². The molecular formula is C16H23NO5S. The summed E-state index contributed by atoms with van der Waals surface area (Å²) in [5.74, 6) is -0.810. The molecule has 0 radical (unpaired) electrons. The zero-order chi connectivity index (χ0) is 17.3. The van der Waals surface area contributed by atoms with E-state index >= 15 is 0 Å². The predicted octanol–water partition coefficient (Wildman–Crippen LogP) is 2.56. The molecule has 1 aromatic rings. The van der Waals surface area contributed by atoms with Gasteiger partial charge in [0, 0.05) is 16.9 Å². The van der Waals surface area contributed by atoms with E-state index in [1.807, 2.05) is 0 Å². The second-order valence-corrected chi connectivity index (χ2v) is 6.61. The molecule has 0 aliphatic carbocycles. The van der Waals surface area contributed by atoms with Crippen LogP contribution in [0.3, 0.4) is 0 Å². The SMILES string of the molecule is CC(C)(C)OC(=O)COSc1ccc(C(=O)OCCCN)cc1. The Morgan fingerprint density at radius 1 is 1.17 bits per heavy atom. The van der Waals surface area contributed by atoms with Crippen molar-refractivity contribution in [1.82, 2.24) is 0 Å². The van der Waals surface area contributed by atoms with Gasteiger partial charge in [0.25, 0.3) is 0 Å². The topological polar surface area (TPSA) is 87.8 Å². The van der Waals surface area contributed by atoms with Gasteiger partial charge < -0.3 is 15.2 Å². The van der Waals surface area contributed by atoms with Gasteiger partial charge in [-0.25, -0.2) is 9.59 Å². The van der Waals surface area contributed by atoms with Crippen molar-refractivity contribution >= 4 is 24.0 Å². The van der Waals surface area contributed by atoms with Gasteiger partial charge in [-0.1, -0.05) is 0 Å². The molecule has 0 aliphatic heterocycles. The first-order chi connectivity index (χ1) is 10.8. The van der Waals surface area contributed by atoms with E-state index in [1.165, 1.54) is 0 Å². The normalized spacial score (nSPS) is 11.1. The van der Waals surface area contributed by atoms with Gasteiger partial charge in [0.05, 0.1) is 12.2 Å². The van der Waals surface area contributed by atoms with Crippen LogP contribution in [-0.2, 0) is 18.5 Å². The molecule has 7 heteroatoms. The highest BCUT2D eigenvalue weighted by Gasteiger charge is 2.16. The second-order valence-electron chi connectivity index (χ2n) is 5.73. The van der Waals surface area contributed by atoms with Gasteiger partial charge >= 0.3 is 11.9 Å². The molecule has 0 heterocycles. The van der Waals surface area contributed by atoms with Crippen LogP contribution >= 0.6 is 12.0 Å². The summed E-state index contributed by atoms with van der Waals surface area (Å²) in [6.45, 7) is 6.03. The van der Waals surface area contributed by atoms with Crippen LogP contribution in [0.2, 0.25) is 0 Å². The average molecular weight is 341 g/mol. The molecule has 128 valence electrons. The molecule has 0 saturated heterocycles. The molecule has 0 amide bonds. The summed E-state index contributed by atoms with van der Waals surface area (Å²) in [4.78, 5) is 24.0. The van der Waals surface area contributed by atoms with Gasteiger partial charge in [0.2, 0.25) is 0 Å². The lowest BCUT2D eigenvalue weighted by atomic mass is 10.2. The molecule has 0 saturated carbocycles. The van der Waals surface area contributed by atoms with E-state index in [1.54, 1.807) is 45.0 Å². The molecule has 0 fully saturated rings. The average Bonchev–Trinajstić information content (AvgIpc) is 2.46. The van der Waals surface area contributed by atoms with Crippen LogP contribution in [0.15, 0.2) is 29.2 Å². The highest BCUT2D eigenvalue weighted by atomic mass is 32.2. The molecule has 1 aromatic carbocycles. The monoisotopic (exact) mass is 341 g/mol. The minimum atomic E-state index is -0.531. The number of carbonyl (C=O) groups excluding carboxylic acids is 2. The maximum absolute atomic E-state index is 11.7. The quantitative estimate of drug-likeness (QED) is 0.441. The van der Waals surface area contributed by atoms with E-state index in [4.69, 9.17) is 19.4 Å². The Hall–Kier alpha value is -1.57. The first-order valence-electron chi connectivity index (χ1n) is 7.30. The maximum atomic E-state index is 11.7. The largest absolute Gasteiger partial charge is 0.462 e. The molecule has 6 nitrogen and oxygen atoms in total. The van der Waals surface area contributed by atoms with E-state index < -0.39 is 11.6 Å². The first kappa shape index (κ1) is 19.5. The number of benzene rings is 1. The second kappa shape index (κ2) is 9.54. The molecule has 0 atom stereocenters. The van der Waals surface area contributed by atoms with E-state index in [2.05, 4.69) is 0 Å². The van der Waals surface area contributed by atoms with Crippen LogP contribution in [0, 0.1) is 0 Å². The Morgan fingerprint density at radius 2 is 1.83 bits per heavy atom. The van der Waals surface area contributed by atoms with Gasteiger partial charge in [-0.2, -0.15) is 0 Å². The van der Waals surface area contributed by atoms with Crippen LogP contribution in [-0.4, -0.2) is 37.3 Å². The van der Waals surface area contributed by atoms with Crippen LogP contribution in [0.25, 0.3) is 0 Å². The summed E-state index contributed by atoms with van der Waals surface area (Å²) in [5, 5.41) is 0. The van der Waals surface area contributed by atoms with Crippen molar-refractivity contribution in [2.75, 3.05) is 19.8 Å². The van der Waals surface area contributed by atoms with E-state index in [9.17, 15) is 9.59 Å². The molecule has 0 aliphatic rings. The third kappa shape index (κ3) is 8.59. The minimum absolute atomic E-state index is 0.148. The van der Waals surface area contributed by atoms with Gasteiger partial charge in [-0.05, 0) is 58.0 Å². The number of hydrogen-bond donors (Lipinski definition) is 1. The van der Waals surface area contributed by atoms with Crippen molar-refractivity contribution in [2.45, 2.75) is 37.7 Å². The standard InChI is InChI=1S/C16H23NO5S/c1-16(2,3)22-14(18)11-21-23-13-7-5-12(6-8-13)15(19)20-10-4-9-17/h5-8H,4,9-11,17H2,1-3H3. The molecule has 1 rings (SSSR count). The highest BCUT2D eigenvalue weighted by molar-refractivity contribution is 7.94. The fourth-order valence-electron chi connectivity index (χ4n) is 1.49. The summed E-state index contributed by atoms with van der Waals surface area (Å²) in [6, 6.07) is 6.73. The zero-order valence-corrected chi connectivity index (χ0v) is 14.5. The maximum Gasteiger partial charge on any atom is 0.338 e. The minimum Gasteiger partial charge on any atom is -0.462 e. The molecule has 23 heavy (non-hydrogen) atoms. The van der Waals surface area contributed by atoms with Crippen LogP contribution < -0.4 is 5.73 Å². The number of hydrogen-bond acceptors (Lipinski definition) is 7. The summed E-state index contributed by atoms with van der Waals surface area (Å²) in [5.41, 5.74) is 5.26. The van der Waals surface area contributed by atoms with Crippen molar-refractivity contribution in [1.29, 1.82) is 0 Å². The summed E-state index contributed by atoms with van der Waals surface area (Å²) in [6.07, 6.45) is 0.637. The highest BCUT2D eigenvalue weighted by Crippen LogP contribution is 2.20. The lowest BCUT2D eigenvalue weighted by Gasteiger charge is -2.19. The summed E-state index contributed by atoms with van der Waals surface area (Å²) in [7, 11) is 0. The third-order valence-corrected chi connectivity index (χ3v) is 3.12. The van der Waals surface area contributed by atoms with Crippen LogP contribution in [0.5, 0.6) is 0 Å².